The minimum Gasteiger partial charge on any atom is -0.309 e. The molecule has 1 aromatic heterocycles. The number of hydrogen-bond acceptors (Lipinski definition) is 1. The average molecular weight is 717 g/mol. The third-order valence-corrected chi connectivity index (χ3v) is 11.0. The van der Waals surface area contributed by atoms with E-state index >= 15 is 0 Å². The van der Waals surface area contributed by atoms with Gasteiger partial charge in [-0.25, -0.2) is 9.98 Å². The molecule has 264 valence electrons. The minimum absolute atomic E-state index is 0.163. The molecule has 1 aliphatic carbocycles. The summed E-state index contributed by atoms with van der Waals surface area (Å²) >= 11 is 0. The Morgan fingerprint density at radius 2 is 1.12 bits per heavy atom. The summed E-state index contributed by atoms with van der Waals surface area (Å²) in [5, 5.41) is 11.2. The van der Waals surface area contributed by atoms with E-state index in [4.69, 9.17) is 15.4 Å². The lowest BCUT2D eigenvalue weighted by molar-refractivity contribution is 0.772. The van der Waals surface area contributed by atoms with Gasteiger partial charge in [0, 0.05) is 39.4 Å². The van der Waals surface area contributed by atoms with Crippen LogP contribution in [0.5, 0.6) is 0 Å². The van der Waals surface area contributed by atoms with Crippen LogP contribution in [0.4, 0.5) is 0 Å². The van der Waals surface area contributed by atoms with Crippen LogP contribution in [0.25, 0.3) is 38.6 Å². The predicted octanol–water partition coefficient (Wildman–Crippen LogP) is 12.0. The SMILES string of the molecule is N=C(N=C(N=Cc1cccc(-n2c3ccccc3c3ccc4c(c32)C(c2ccccc2)(c2ccccc2)c2ccccc2-4)c1)c1ccccc1)c1ccccc1. The van der Waals surface area contributed by atoms with E-state index in [-0.39, 0.29) is 5.84 Å². The first-order valence-corrected chi connectivity index (χ1v) is 18.9. The van der Waals surface area contributed by atoms with Crippen molar-refractivity contribution in [2.45, 2.75) is 5.41 Å². The molecule has 56 heavy (non-hydrogen) atoms. The summed E-state index contributed by atoms with van der Waals surface area (Å²) in [6.45, 7) is 0. The highest BCUT2D eigenvalue weighted by Crippen LogP contribution is 2.59. The highest BCUT2D eigenvalue weighted by atomic mass is 15.0. The van der Waals surface area contributed by atoms with E-state index in [1.165, 1.54) is 49.7 Å². The number of nitrogens with one attached hydrogen (secondary N) is 1. The van der Waals surface area contributed by atoms with Gasteiger partial charge in [0.25, 0.3) is 0 Å². The number of benzene rings is 8. The smallest absolute Gasteiger partial charge is 0.161 e. The Morgan fingerprint density at radius 3 is 1.84 bits per heavy atom. The van der Waals surface area contributed by atoms with Crippen molar-refractivity contribution >= 4 is 39.7 Å². The lowest BCUT2D eigenvalue weighted by atomic mass is 9.67. The van der Waals surface area contributed by atoms with E-state index < -0.39 is 5.41 Å². The third kappa shape index (κ3) is 5.34. The largest absolute Gasteiger partial charge is 0.309 e. The van der Waals surface area contributed by atoms with Gasteiger partial charge in [0.05, 0.1) is 16.4 Å². The zero-order valence-corrected chi connectivity index (χ0v) is 30.5. The van der Waals surface area contributed by atoms with Gasteiger partial charge in [0.2, 0.25) is 0 Å². The molecule has 0 saturated heterocycles. The second-order valence-electron chi connectivity index (χ2n) is 14.1. The molecule has 10 rings (SSSR count). The normalized spacial score (nSPS) is 13.2. The van der Waals surface area contributed by atoms with E-state index in [9.17, 15) is 0 Å². The molecule has 0 fully saturated rings. The second-order valence-corrected chi connectivity index (χ2v) is 14.1. The maximum Gasteiger partial charge on any atom is 0.161 e. The molecule has 1 aliphatic rings. The maximum atomic E-state index is 8.78. The molecule has 0 radical (unpaired) electrons. The molecule has 0 bridgehead atoms. The summed E-state index contributed by atoms with van der Waals surface area (Å²) in [5.41, 5.74) is 12.8. The fourth-order valence-corrected chi connectivity index (χ4v) is 8.65. The van der Waals surface area contributed by atoms with Crippen molar-refractivity contribution in [2.24, 2.45) is 9.98 Å². The van der Waals surface area contributed by atoms with Crippen molar-refractivity contribution in [1.29, 1.82) is 5.41 Å². The summed E-state index contributed by atoms with van der Waals surface area (Å²) in [4.78, 5) is 9.65. The van der Waals surface area contributed by atoms with Gasteiger partial charge in [-0.3, -0.25) is 5.41 Å². The van der Waals surface area contributed by atoms with Crippen LogP contribution < -0.4 is 0 Å². The van der Waals surface area contributed by atoms with Crippen LogP contribution in [-0.4, -0.2) is 22.5 Å². The molecular weight excluding hydrogens is 681 g/mol. The van der Waals surface area contributed by atoms with Crippen molar-refractivity contribution < 1.29 is 0 Å². The van der Waals surface area contributed by atoms with Crippen molar-refractivity contribution in [3.8, 4) is 16.8 Å². The number of amidine groups is 2. The van der Waals surface area contributed by atoms with Crippen LogP contribution in [0.15, 0.2) is 216 Å². The van der Waals surface area contributed by atoms with Crippen molar-refractivity contribution in [1.82, 2.24) is 4.57 Å². The number of para-hydroxylation sites is 1. The Balaban J connectivity index is 1.21. The molecule has 4 heteroatoms. The van der Waals surface area contributed by atoms with Crippen LogP contribution in [0.3, 0.4) is 0 Å². The van der Waals surface area contributed by atoms with Gasteiger partial charge in [-0.05, 0) is 51.6 Å². The summed E-state index contributed by atoms with van der Waals surface area (Å²) in [5.74, 6) is 0.642. The highest BCUT2D eigenvalue weighted by molar-refractivity contribution is 6.15. The Bertz CT molecular complexity index is 2920. The fraction of sp³-hybridized carbons (Fsp3) is 0.0192. The summed E-state index contributed by atoms with van der Waals surface area (Å²) in [6, 6.07) is 72.3. The molecule has 0 amide bonds. The van der Waals surface area contributed by atoms with E-state index in [1.807, 2.05) is 66.9 Å². The van der Waals surface area contributed by atoms with E-state index in [1.54, 1.807) is 0 Å². The molecule has 0 atom stereocenters. The Kier molecular flexibility index (Phi) is 8.15. The number of nitrogens with zero attached hydrogens (tertiary/aromatic N) is 3. The van der Waals surface area contributed by atoms with Gasteiger partial charge in [0.15, 0.2) is 11.7 Å². The van der Waals surface area contributed by atoms with E-state index in [0.29, 0.717) is 5.84 Å². The summed E-state index contributed by atoms with van der Waals surface area (Å²) in [6.07, 6.45) is 1.86. The van der Waals surface area contributed by atoms with Gasteiger partial charge in [0.1, 0.15) is 0 Å². The number of hydrogen-bond donors (Lipinski definition) is 1. The Labute approximate surface area is 325 Å². The van der Waals surface area contributed by atoms with Crippen LogP contribution in [-0.2, 0) is 5.41 Å². The number of aliphatic imine (C=N–C) groups is 2. The highest BCUT2D eigenvalue weighted by Gasteiger charge is 2.48. The van der Waals surface area contributed by atoms with Gasteiger partial charge in [-0.1, -0.05) is 188 Å². The predicted molar refractivity (Wildman–Crippen MR) is 232 cm³/mol. The van der Waals surface area contributed by atoms with Crippen LogP contribution in [0.1, 0.15) is 38.9 Å². The fourth-order valence-electron chi connectivity index (χ4n) is 8.65. The molecule has 1 heterocycles. The molecule has 1 N–H and O–H groups in total. The zero-order chi connectivity index (χ0) is 37.5. The monoisotopic (exact) mass is 716 g/mol. The molecule has 0 spiro atoms. The van der Waals surface area contributed by atoms with Crippen molar-refractivity contribution in [3.05, 3.63) is 245 Å². The molecule has 4 nitrogen and oxygen atoms in total. The van der Waals surface area contributed by atoms with Gasteiger partial charge >= 0.3 is 0 Å². The first-order valence-electron chi connectivity index (χ1n) is 18.9. The quantitative estimate of drug-likeness (QED) is 0.132. The standard InChI is InChI=1S/C52H36N4/c53-50(37-19-5-1-6-20-37)55-51(38-21-7-2-8-22-38)54-35-36-18-17-27-41(34-36)56-47-31-16-14-29-43(47)45-33-32-44-42-28-13-15-30-46(42)52(48(44)49(45)56,39-23-9-3-10-24-39)40-25-11-4-12-26-40/h1-35,53H. The zero-order valence-electron chi connectivity index (χ0n) is 30.5. The minimum atomic E-state index is -0.566. The summed E-state index contributed by atoms with van der Waals surface area (Å²) < 4.78 is 2.45. The number of aromatic nitrogens is 1. The van der Waals surface area contributed by atoms with Crippen LogP contribution in [0, 0.1) is 5.41 Å². The van der Waals surface area contributed by atoms with Gasteiger partial charge in [-0.15, -0.1) is 0 Å². The van der Waals surface area contributed by atoms with Crippen molar-refractivity contribution in [3.63, 3.8) is 0 Å². The molecule has 0 unspecified atom stereocenters. The third-order valence-electron chi connectivity index (χ3n) is 11.0. The molecular formula is C52H36N4. The molecule has 0 saturated carbocycles. The van der Waals surface area contributed by atoms with E-state index in [2.05, 4.69) is 150 Å². The maximum absolute atomic E-state index is 8.78. The topological polar surface area (TPSA) is 53.5 Å². The average Bonchev–Trinajstić information content (AvgIpc) is 3.77. The van der Waals surface area contributed by atoms with Crippen LogP contribution >= 0.6 is 0 Å². The Hall–Kier alpha value is -7.43. The first-order chi connectivity index (χ1) is 27.7. The summed E-state index contributed by atoms with van der Waals surface area (Å²) in [7, 11) is 0. The van der Waals surface area contributed by atoms with Crippen LogP contribution in [0.2, 0.25) is 0 Å². The number of rotatable bonds is 6. The Morgan fingerprint density at radius 1 is 0.518 bits per heavy atom. The lowest BCUT2D eigenvalue weighted by Gasteiger charge is -2.34. The van der Waals surface area contributed by atoms with Crippen molar-refractivity contribution in [2.75, 3.05) is 0 Å². The lowest BCUT2D eigenvalue weighted by Crippen LogP contribution is -2.29. The number of fused-ring (bicyclic) bond motifs is 7. The van der Waals surface area contributed by atoms with Gasteiger partial charge in [-0.2, -0.15) is 0 Å². The second kappa shape index (κ2) is 13.8. The molecule has 8 aromatic carbocycles. The molecule has 9 aromatic rings. The van der Waals surface area contributed by atoms with Gasteiger partial charge < -0.3 is 4.57 Å². The van der Waals surface area contributed by atoms with E-state index in [0.717, 1.165) is 27.9 Å². The first kappa shape index (κ1) is 33.2. The molecule has 0 aliphatic heterocycles.